The number of hydrogen-bond donors (Lipinski definition) is 2. The Morgan fingerprint density at radius 2 is 1.79 bits per heavy atom. The maximum absolute atomic E-state index is 12.1. The zero-order valence-electron chi connectivity index (χ0n) is 11.2. The molecule has 19 heavy (non-hydrogen) atoms. The third-order valence-electron chi connectivity index (χ3n) is 2.80. The van der Waals surface area contributed by atoms with Crippen molar-refractivity contribution in [3.63, 3.8) is 0 Å². The van der Waals surface area contributed by atoms with Crippen LogP contribution in [-0.4, -0.2) is 39.6 Å². The highest BCUT2D eigenvalue weighted by Crippen LogP contribution is 2.12. The van der Waals surface area contributed by atoms with Gasteiger partial charge in [0.1, 0.15) is 5.75 Å². The van der Waals surface area contributed by atoms with Crippen LogP contribution in [0.25, 0.3) is 0 Å². The number of amides is 1. The Hall–Kier alpha value is -2.04. The van der Waals surface area contributed by atoms with Crippen LogP contribution in [0.5, 0.6) is 5.75 Å². The lowest BCUT2D eigenvalue weighted by Gasteiger charge is -2.26. The fraction of sp³-hybridized carbons (Fsp3) is 0.429. The first-order valence-electron chi connectivity index (χ1n) is 6.19. The van der Waals surface area contributed by atoms with Crippen LogP contribution in [0.4, 0.5) is 0 Å². The number of hydrogen-bond acceptors (Lipinski definition) is 3. The molecule has 0 fully saturated rings. The standard InChI is InChI=1S/C14H19NO4/c1-10(2)15(8-7-14(18)19)13(17)9-11-3-5-12(16)6-4-11/h3-6,10,16H,7-9H2,1-2H3,(H,18,19). The van der Waals surface area contributed by atoms with Gasteiger partial charge in [0.25, 0.3) is 0 Å². The summed E-state index contributed by atoms with van der Waals surface area (Å²) in [7, 11) is 0. The van der Waals surface area contributed by atoms with Gasteiger partial charge in [0, 0.05) is 12.6 Å². The van der Waals surface area contributed by atoms with Gasteiger partial charge in [-0.1, -0.05) is 12.1 Å². The van der Waals surface area contributed by atoms with Crippen molar-refractivity contribution in [3.8, 4) is 5.75 Å². The first kappa shape index (κ1) is 15.0. The second-order valence-corrected chi connectivity index (χ2v) is 4.67. The number of carbonyl (C=O) groups is 2. The minimum Gasteiger partial charge on any atom is -0.508 e. The van der Waals surface area contributed by atoms with Gasteiger partial charge in [-0.15, -0.1) is 0 Å². The average Bonchev–Trinajstić information content (AvgIpc) is 2.31. The van der Waals surface area contributed by atoms with Crippen molar-refractivity contribution in [3.05, 3.63) is 29.8 Å². The van der Waals surface area contributed by atoms with Crippen molar-refractivity contribution in [1.29, 1.82) is 0 Å². The van der Waals surface area contributed by atoms with Gasteiger partial charge >= 0.3 is 5.97 Å². The van der Waals surface area contributed by atoms with E-state index in [4.69, 9.17) is 5.11 Å². The zero-order valence-corrected chi connectivity index (χ0v) is 11.2. The minimum atomic E-state index is -0.914. The van der Waals surface area contributed by atoms with E-state index in [1.54, 1.807) is 17.0 Å². The van der Waals surface area contributed by atoms with Crippen molar-refractivity contribution in [2.24, 2.45) is 0 Å². The van der Waals surface area contributed by atoms with Crippen LogP contribution in [0.15, 0.2) is 24.3 Å². The predicted molar refractivity (Wildman–Crippen MR) is 70.9 cm³/mol. The van der Waals surface area contributed by atoms with E-state index in [2.05, 4.69) is 0 Å². The Labute approximate surface area is 112 Å². The maximum atomic E-state index is 12.1. The summed E-state index contributed by atoms with van der Waals surface area (Å²) in [5.41, 5.74) is 0.795. The number of rotatable bonds is 6. The number of phenols is 1. The molecule has 0 saturated heterocycles. The van der Waals surface area contributed by atoms with Crippen LogP contribution in [-0.2, 0) is 16.0 Å². The van der Waals surface area contributed by atoms with Crippen LogP contribution in [0.2, 0.25) is 0 Å². The molecule has 2 N–H and O–H groups in total. The molecule has 5 heteroatoms. The smallest absolute Gasteiger partial charge is 0.305 e. The highest BCUT2D eigenvalue weighted by molar-refractivity contribution is 5.79. The van der Waals surface area contributed by atoms with Crippen LogP contribution in [0.3, 0.4) is 0 Å². The Morgan fingerprint density at radius 1 is 1.21 bits per heavy atom. The molecule has 104 valence electrons. The summed E-state index contributed by atoms with van der Waals surface area (Å²) < 4.78 is 0. The molecule has 0 bridgehead atoms. The third-order valence-corrected chi connectivity index (χ3v) is 2.80. The second-order valence-electron chi connectivity index (χ2n) is 4.67. The first-order chi connectivity index (χ1) is 8.90. The molecular weight excluding hydrogens is 246 g/mol. The molecule has 0 spiro atoms. The maximum Gasteiger partial charge on any atom is 0.305 e. The lowest BCUT2D eigenvalue weighted by Crippen LogP contribution is -2.39. The molecule has 0 heterocycles. The van der Waals surface area contributed by atoms with Gasteiger partial charge in [0.15, 0.2) is 0 Å². The summed E-state index contributed by atoms with van der Waals surface area (Å²) in [5, 5.41) is 17.9. The van der Waals surface area contributed by atoms with E-state index >= 15 is 0 Å². The van der Waals surface area contributed by atoms with E-state index in [0.29, 0.717) is 0 Å². The largest absolute Gasteiger partial charge is 0.508 e. The monoisotopic (exact) mass is 265 g/mol. The zero-order chi connectivity index (χ0) is 14.4. The molecule has 5 nitrogen and oxygen atoms in total. The van der Waals surface area contributed by atoms with Crippen molar-refractivity contribution < 1.29 is 19.8 Å². The first-order valence-corrected chi connectivity index (χ1v) is 6.19. The number of nitrogens with zero attached hydrogens (tertiary/aromatic N) is 1. The van der Waals surface area contributed by atoms with Crippen LogP contribution in [0.1, 0.15) is 25.8 Å². The summed E-state index contributed by atoms with van der Waals surface area (Å²) in [5.74, 6) is -0.868. The number of aliphatic carboxylic acids is 1. The molecule has 0 saturated carbocycles. The summed E-state index contributed by atoms with van der Waals surface area (Å²) >= 11 is 0. The summed E-state index contributed by atoms with van der Waals surface area (Å²) in [6, 6.07) is 6.38. The molecule has 0 aliphatic heterocycles. The number of benzene rings is 1. The summed E-state index contributed by atoms with van der Waals surface area (Å²) in [6.07, 6.45) is 0.150. The van der Waals surface area contributed by atoms with E-state index in [1.165, 1.54) is 12.1 Å². The number of phenolic OH excluding ortho intramolecular Hbond substituents is 1. The van der Waals surface area contributed by atoms with Gasteiger partial charge in [-0.25, -0.2) is 0 Å². The fourth-order valence-electron chi connectivity index (χ4n) is 1.78. The highest BCUT2D eigenvalue weighted by atomic mass is 16.4. The molecule has 0 aliphatic rings. The normalized spacial score (nSPS) is 10.5. The highest BCUT2D eigenvalue weighted by Gasteiger charge is 2.18. The molecular formula is C14H19NO4. The molecule has 1 aromatic rings. The topological polar surface area (TPSA) is 77.8 Å². The van der Waals surface area contributed by atoms with Gasteiger partial charge in [0.05, 0.1) is 12.8 Å². The molecule has 1 amide bonds. The van der Waals surface area contributed by atoms with E-state index in [-0.39, 0.29) is 37.1 Å². The Bertz CT molecular complexity index is 439. The number of carboxylic acid groups (broad SMARTS) is 1. The Morgan fingerprint density at radius 3 is 2.26 bits per heavy atom. The van der Waals surface area contributed by atoms with E-state index in [0.717, 1.165) is 5.56 Å². The molecule has 0 aliphatic carbocycles. The van der Waals surface area contributed by atoms with Crippen molar-refractivity contribution in [2.75, 3.05) is 6.54 Å². The quantitative estimate of drug-likeness (QED) is 0.819. The number of carboxylic acids is 1. The van der Waals surface area contributed by atoms with E-state index < -0.39 is 5.97 Å². The molecule has 0 radical (unpaired) electrons. The van der Waals surface area contributed by atoms with Crippen molar-refractivity contribution >= 4 is 11.9 Å². The molecule has 0 unspecified atom stereocenters. The van der Waals surface area contributed by atoms with Gasteiger partial charge < -0.3 is 15.1 Å². The lowest BCUT2D eigenvalue weighted by atomic mass is 10.1. The van der Waals surface area contributed by atoms with Crippen LogP contribution < -0.4 is 0 Å². The minimum absolute atomic E-state index is 0.0380. The van der Waals surface area contributed by atoms with E-state index in [1.807, 2.05) is 13.8 Å². The molecule has 1 rings (SSSR count). The third kappa shape index (κ3) is 4.99. The molecule has 0 atom stereocenters. The predicted octanol–water partition coefficient (Wildman–Crippen LogP) is 1.65. The van der Waals surface area contributed by atoms with E-state index in [9.17, 15) is 14.7 Å². The lowest BCUT2D eigenvalue weighted by molar-refractivity contribution is -0.139. The Balaban J connectivity index is 2.66. The fourth-order valence-corrected chi connectivity index (χ4v) is 1.78. The average molecular weight is 265 g/mol. The summed E-state index contributed by atoms with van der Waals surface area (Å²) in [4.78, 5) is 24.3. The second kappa shape index (κ2) is 6.78. The summed E-state index contributed by atoms with van der Waals surface area (Å²) in [6.45, 7) is 3.93. The SMILES string of the molecule is CC(C)N(CCC(=O)O)C(=O)Cc1ccc(O)cc1. The van der Waals surface area contributed by atoms with Gasteiger partial charge in [-0.3, -0.25) is 9.59 Å². The van der Waals surface area contributed by atoms with Gasteiger partial charge in [-0.05, 0) is 31.5 Å². The molecule has 1 aromatic carbocycles. The Kier molecular flexibility index (Phi) is 5.36. The van der Waals surface area contributed by atoms with Crippen molar-refractivity contribution in [2.45, 2.75) is 32.7 Å². The number of carbonyl (C=O) groups excluding carboxylic acids is 1. The van der Waals surface area contributed by atoms with Gasteiger partial charge in [-0.2, -0.15) is 0 Å². The number of aromatic hydroxyl groups is 1. The van der Waals surface area contributed by atoms with Gasteiger partial charge in [0.2, 0.25) is 5.91 Å². The van der Waals surface area contributed by atoms with Crippen LogP contribution in [0, 0.1) is 0 Å². The van der Waals surface area contributed by atoms with Crippen LogP contribution >= 0.6 is 0 Å². The van der Waals surface area contributed by atoms with Crippen molar-refractivity contribution in [1.82, 2.24) is 4.90 Å². The molecule has 0 aromatic heterocycles.